The predicted molar refractivity (Wildman–Crippen MR) is 85.2 cm³/mol. The molecule has 0 unspecified atom stereocenters. The normalized spacial score (nSPS) is 15.0. The summed E-state index contributed by atoms with van der Waals surface area (Å²) in [5.74, 6) is 0. The van der Waals surface area contributed by atoms with E-state index < -0.39 is 11.2 Å². The molecule has 0 saturated carbocycles. The molecule has 0 aliphatic carbocycles. The van der Waals surface area contributed by atoms with Crippen molar-refractivity contribution in [2.75, 3.05) is 0 Å². The molecule has 0 aromatic carbocycles. The second kappa shape index (κ2) is 5.94. The molecule has 0 spiro atoms. The Bertz CT molecular complexity index is 232. The quantitative estimate of drug-likeness (QED) is 0.689. The van der Waals surface area contributed by atoms with Crippen LogP contribution in [0.5, 0.6) is 0 Å². The van der Waals surface area contributed by atoms with Gasteiger partial charge >= 0.3 is 0 Å². The molecule has 110 valence electrons. The van der Waals surface area contributed by atoms with Crippen molar-refractivity contribution >= 4 is 21.6 Å². The highest BCUT2D eigenvalue weighted by atomic mass is 33.1. The predicted octanol–water partition coefficient (Wildman–Crippen LogP) is 4.25. The van der Waals surface area contributed by atoms with Gasteiger partial charge in [0.15, 0.2) is 0 Å². The van der Waals surface area contributed by atoms with E-state index in [1.165, 1.54) is 0 Å². The Balaban J connectivity index is 4.38. The van der Waals surface area contributed by atoms with E-state index in [4.69, 9.17) is 0 Å². The lowest BCUT2D eigenvalue weighted by Gasteiger charge is -2.35. The summed E-state index contributed by atoms with van der Waals surface area (Å²) in [6.07, 6.45) is 1.49. The Morgan fingerprint density at radius 1 is 0.611 bits per heavy atom. The summed E-state index contributed by atoms with van der Waals surface area (Å²) >= 11 is 0. The van der Waals surface area contributed by atoms with Crippen molar-refractivity contribution in [3.8, 4) is 0 Å². The fraction of sp³-hybridized carbons (Fsp3) is 1.00. The van der Waals surface area contributed by atoms with Gasteiger partial charge in [-0.1, -0.05) is 21.6 Å². The summed E-state index contributed by atoms with van der Waals surface area (Å²) in [5, 5.41) is 19.8. The molecule has 0 aromatic rings. The highest BCUT2D eigenvalue weighted by Gasteiger charge is 2.33. The molecule has 18 heavy (non-hydrogen) atoms. The summed E-state index contributed by atoms with van der Waals surface area (Å²) in [5.41, 5.74) is -1.28. The highest BCUT2D eigenvalue weighted by Crippen LogP contribution is 2.48. The zero-order chi connectivity index (χ0) is 14.8. The van der Waals surface area contributed by atoms with Gasteiger partial charge in [-0.15, -0.1) is 0 Å². The van der Waals surface area contributed by atoms with Crippen LogP contribution in [0.3, 0.4) is 0 Å². The van der Waals surface area contributed by atoms with Gasteiger partial charge < -0.3 is 10.2 Å². The molecule has 0 amide bonds. The van der Waals surface area contributed by atoms with Crippen molar-refractivity contribution in [3.05, 3.63) is 0 Å². The monoisotopic (exact) mass is 294 g/mol. The standard InChI is InChI=1S/C14H30O2S2/c1-11(2,15)9-13(5,6)17-18-14(7,8)10-12(3,4)16/h15-16H,9-10H2,1-8H3. The molecule has 0 heterocycles. The van der Waals surface area contributed by atoms with Crippen LogP contribution < -0.4 is 0 Å². The molecule has 0 rings (SSSR count). The molecule has 0 aliphatic heterocycles. The van der Waals surface area contributed by atoms with Crippen LogP contribution in [-0.2, 0) is 0 Å². The summed E-state index contributed by atoms with van der Waals surface area (Å²) in [4.78, 5) is 0. The second-order valence-corrected chi connectivity index (χ2v) is 11.2. The molecule has 0 aromatic heterocycles. The molecule has 0 fully saturated rings. The van der Waals surface area contributed by atoms with Crippen LogP contribution in [-0.4, -0.2) is 30.9 Å². The van der Waals surface area contributed by atoms with Gasteiger partial charge in [-0.05, 0) is 68.2 Å². The first kappa shape index (κ1) is 18.6. The van der Waals surface area contributed by atoms with Crippen LogP contribution in [0.25, 0.3) is 0 Å². The SMILES string of the molecule is CC(C)(O)CC(C)(C)SSC(C)(C)CC(C)(C)O. The first-order valence-corrected chi connectivity index (χ1v) is 8.59. The number of aliphatic hydroxyl groups is 2. The van der Waals surface area contributed by atoms with E-state index in [-0.39, 0.29) is 9.49 Å². The fourth-order valence-corrected chi connectivity index (χ4v) is 5.35. The van der Waals surface area contributed by atoms with Gasteiger partial charge in [-0.2, -0.15) is 0 Å². The van der Waals surface area contributed by atoms with Gasteiger partial charge in [0.25, 0.3) is 0 Å². The van der Waals surface area contributed by atoms with Gasteiger partial charge in [0.05, 0.1) is 11.2 Å². The average Bonchev–Trinajstić information content (AvgIpc) is 1.91. The molecule has 0 saturated heterocycles. The average molecular weight is 295 g/mol. The minimum atomic E-state index is -0.641. The number of hydrogen-bond donors (Lipinski definition) is 2. The van der Waals surface area contributed by atoms with Crippen LogP contribution in [0.1, 0.15) is 68.2 Å². The van der Waals surface area contributed by atoms with Crippen LogP contribution in [0.15, 0.2) is 0 Å². The molecule has 2 N–H and O–H groups in total. The largest absolute Gasteiger partial charge is 0.390 e. The topological polar surface area (TPSA) is 40.5 Å². The maximum Gasteiger partial charge on any atom is 0.0605 e. The first-order chi connectivity index (χ1) is 7.62. The Hall–Kier alpha value is 0.620. The lowest BCUT2D eigenvalue weighted by atomic mass is 9.96. The summed E-state index contributed by atoms with van der Waals surface area (Å²) < 4.78 is 0.0274. The van der Waals surface area contributed by atoms with E-state index >= 15 is 0 Å². The first-order valence-electron chi connectivity index (χ1n) is 6.44. The Labute approximate surface area is 121 Å². The van der Waals surface area contributed by atoms with Gasteiger partial charge in [0.1, 0.15) is 0 Å². The molecule has 0 aliphatic rings. The van der Waals surface area contributed by atoms with Gasteiger partial charge in [0, 0.05) is 9.49 Å². The van der Waals surface area contributed by atoms with Crippen LogP contribution in [0.4, 0.5) is 0 Å². The van der Waals surface area contributed by atoms with Crippen molar-refractivity contribution in [2.24, 2.45) is 0 Å². The molecule has 0 atom stereocenters. The van der Waals surface area contributed by atoms with E-state index in [0.717, 1.165) is 12.8 Å². The lowest BCUT2D eigenvalue weighted by molar-refractivity contribution is 0.0618. The Morgan fingerprint density at radius 3 is 1.00 bits per heavy atom. The molecule has 0 radical (unpaired) electrons. The third-order valence-corrected chi connectivity index (χ3v) is 6.44. The molecule has 4 heteroatoms. The molecule has 2 nitrogen and oxygen atoms in total. The third-order valence-electron chi connectivity index (χ3n) is 2.21. The number of hydrogen-bond acceptors (Lipinski definition) is 4. The van der Waals surface area contributed by atoms with Gasteiger partial charge in [-0.3, -0.25) is 0 Å². The van der Waals surface area contributed by atoms with E-state index in [1.807, 2.05) is 27.7 Å². The zero-order valence-electron chi connectivity index (χ0n) is 13.1. The Morgan fingerprint density at radius 2 is 0.833 bits per heavy atom. The second-order valence-electron chi connectivity index (χ2n) is 7.66. The molecular formula is C14H30O2S2. The maximum absolute atomic E-state index is 9.91. The summed E-state index contributed by atoms with van der Waals surface area (Å²) in [7, 11) is 3.60. The fourth-order valence-electron chi connectivity index (χ4n) is 2.37. The van der Waals surface area contributed by atoms with Crippen molar-refractivity contribution in [3.63, 3.8) is 0 Å². The summed E-state index contributed by atoms with van der Waals surface area (Å²) in [6, 6.07) is 0. The summed E-state index contributed by atoms with van der Waals surface area (Å²) in [6.45, 7) is 16.0. The lowest BCUT2D eigenvalue weighted by Crippen LogP contribution is -2.32. The molecule has 0 bridgehead atoms. The van der Waals surface area contributed by atoms with Crippen molar-refractivity contribution in [2.45, 2.75) is 88.9 Å². The van der Waals surface area contributed by atoms with E-state index in [2.05, 4.69) is 27.7 Å². The van der Waals surface area contributed by atoms with Gasteiger partial charge in [0.2, 0.25) is 0 Å². The van der Waals surface area contributed by atoms with Crippen molar-refractivity contribution < 1.29 is 10.2 Å². The van der Waals surface area contributed by atoms with E-state index in [9.17, 15) is 10.2 Å². The van der Waals surface area contributed by atoms with Gasteiger partial charge in [-0.25, -0.2) is 0 Å². The Kier molecular flexibility index (Phi) is 6.15. The minimum Gasteiger partial charge on any atom is -0.390 e. The van der Waals surface area contributed by atoms with Crippen molar-refractivity contribution in [1.82, 2.24) is 0 Å². The minimum absolute atomic E-state index is 0.0137. The maximum atomic E-state index is 9.91. The zero-order valence-corrected chi connectivity index (χ0v) is 14.8. The highest BCUT2D eigenvalue weighted by molar-refractivity contribution is 8.77. The van der Waals surface area contributed by atoms with Crippen LogP contribution >= 0.6 is 21.6 Å². The van der Waals surface area contributed by atoms with Crippen molar-refractivity contribution in [1.29, 1.82) is 0 Å². The number of rotatable bonds is 7. The third kappa shape index (κ3) is 10.5. The van der Waals surface area contributed by atoms with E-state index in [0.29, 0.717) is 0 Å². The molecular weight excluding hydrogens is 264 g/mol. The smallest absolute Gasteiger partial charge is 0.0605 e. The van der Waals surface area contributed by atoms with E-state index in [1.54, 1.807) is 21.6 Å². The van der Waals surface area contributed by atoms with Crippen LogP contribution in [0, 0.1) is 0 Å². The van der Waals surface area contributed by atoms with Crippen LogP contribution in [0.2, 0.25) is 0 Å².